The maximum atomic E-state index is 12.5. The van der Waals surface area contributed by atoms with E-state index >= 15 is 0 Å². The molecule has 0 spiro atoms. The molecule has 24 heavy (non-hydrogen) atoms. The lowest BCUT2D eigenvalue weighted by Gasteiger charge is -2.11. The van der Waals surface area contributed by atoms with Crippen LogP contribution < -0.4 is 25.3 Å². The minimum atomic E-state index is -0.268. The van der Waals surface area contributed by atoms with Crippen LogP contribution in [-0.2, 0) is 0 Å². The third kappa shape index (κ3) is 3.53. The fraction of sp³-hybridized carbons (Fsp3) is 0.278. The summed E-state index contributed by atoms with van der Waals surface area (Å²) in [6, 6.07) is 10.3. The first-order valence-electron chi connectivity index (χ1n) is 7.76. The number of carbonyl (C=O) groups is 1. The van der Waals surface area contributed by atoms with Crippen LogP contribution in [0.3, 0.4) is 0 Å². The summed E-state index contributed by atoms with van der Waals surface area (Å²) in [4.78, 5) is 12.5. The van der Waals surface area contributed by atoms with E-state index in [2.05, 4.69) is 19.2 Å². The van der Waals surface area contributed by atoms with Crippen LogP contribution in [-0.4, -0.2) is 19.3 Å². The average molecular weight is 328 g/mol. The summed E-state index contributed by atoms with van der Waals surface area (Å²) in [6.07, 6.45) is 0. The first kappa shape index (κ1) is 16.0. The number of fused-ring (bicyclic) bond motifs is 1. The molecule has 0 aromatic heterocycles. The SMILES string of the molecule is CC(C)COc1cccc(C(=O)Nc2cc3c(cc2N)OCO3)c1. The molecule has 1 heterocycles. The number of ether oxygens (including phenoxy) is 3. The molecule has 126 valence electrons. The number of amides is 1. The van der Waals surface area contributed by atoms with E-state index < -0.39 is 0 Å². The monoisotopic (exact) mass is 328 g/mol. The fourth-order valence-corrected chi connectivity index (χ4v) is 2.25. The van der Waals surface area contributed by atoms with E-state index in [0.29, 0.717) is 46.7 Å². The zero-order valence-corrected chi connectivity index (χ0v) is 13.7. The fourth-order valence-electron chi connectivity index (χ4n) is 2.25. The van der Waals surface area contributed by atoms with Gasteiger partial charge in [-0.25, -0.2) is 0 Å². The molecule has 0 saturated carbocycles. The van der Waals surface area contributed by atoms with Gasteiger partial charge in [0.15, 0.2) is 11.5 Å². The number of nitrogens with one attached hydrogen (secondary N) is 1. The summed E-state index contributed by atoms with van der Waals surface area (Å²) in [5.74, 6) is 1.95. The Morgan fingerprint density at radius 1 is 1.25 bits per heavy atom. The highest BCUT2D eigenvalue weighted by Crippen LogP contribution is 2.38. The lowest BCUT2D eigenvalue weighted by Crippen LogP contribution is -2.13. The predicted molar refractivity (Wildman–Crippen MR) is 91.7 cm³/mol. The van der Waals surface area contributed by atoms with Gasteiger partial charge in [-0.3, -0.25) is 4.79 Å². The first-order chi connectivity index (χ1) is 11.5. The molecule has 1 aliphatic rings. The van der Waals surface area contributed by atoms with Gasteiger partial charge in [0.05, 0.1) is 18.0 Å². The molecular weight excluding hydrogens is 308 g/mol. The number of hydrogen-bond donors (Lipinski definition) is 2. The van der Waals surface area contributed by atoms with E-state index in [0.717, 1.165) is 0 Å². The largest absolute Gasteiger partial charge is 0.493 e. The molecule has 0 fully saturated rings. The van der Waals surface area contributed by atoms with Crippen molar-refractivity contribution in [2.75, 3.05) is 24.5 Å². The number of anilines is 2. The lowest BCUT2D eigenvalue weighted by molar-refractivity contribution is 0.102. The van der Waals surface area contributed by atoms with Crippen LogP contribution in [0.4, 0.5) is 11.4 Å². The van der Waals surface area contributed by atoms with Gasteiger partial charge >= 0.3 is 0 Å². The maximum Gasteiger partial charge on any atom is 0.255 e. The highest BCUT2D eigenvalue weighted by atomic mass is 16.7. The molecule has 0 unspecified atom stereocenters. The number of nitrogen functional groups attached to an aromatic ring is 1. The van der Waals surface area contributed by atoms with Crippen LogP contribution in [0.25, 0.3) is 0 Å². The van der Waals surface area contributed by atoms with Crippen molar-refractivity contribution in [2.45, 2.75) is 13.8 Å². The van der Waals surface area contributed by atoms with Crippen LogP contribution >= 0.6 is 0 Å². The van der Waals surface area contributed by atoms with Crippen LogP contribution in [0.5, 0.6) is 17.2 Å². The Balaban J connectivity index is 1.74. The molecule has 2 aromatic carbocycles. The Morgan fingerprint density at radius 2 is 2.00 bits per heavy atom. The van der Waals surface area contributed by atoms with Gasteiger partial charge in [0, 0.05) is 17.7 Å². The second-order valence-corrected chi connectivity index (χ2v) is 5.98. The minimum Gasteiger partial charge on any atom is -0.493 e. The van der Waals surface area contributed by atoms with E-state index in [4.69, 9.17) is 19.9 Å². The molecule has 6 heteroatoms. The van der Waals surface area contributed by atoms with Gasteiger partial charge in [0.2, 0.25) is 6.79 Å². The maximum absolute atomic E-state index is 12.5. The minimum absolute atomic E-state index is 0.154. The van der Waals surface area contributed by atoms with Gasteiger partial charge in [-0.05, 0) is 24.1 Å². The quantitative estimate of drug-likeness (QED) is 0.823. The number of rotatable bonds is 5. The molecular formula is C18H20N2O4. The molecule has 6 nitrogen and oxygen atoms in total. The Bertz CT molecular complexity index is 759. The normalized spacial score (nSPS) is 12.3. The molecule has 2 aromatic rings. The Kier molecular flexibility index (Phi) is 4.46. The van der Waals surface area contributed by atoms with Crippen LogP contribution in [0.2, 0.25) is 0 Å². The zero-order valence-electron chi connectivity index (χ0n) is 13.7. The van der Waals surface area contributed by atoms with Crippen molar-refractivity contribution >= 4 is 17.3 Å². The number of hydrogen-bond acceptors (Lipinski definition) is 5. The Hall–Kier alpha value is -2.89. The van der Waals surface area contributed by atoms with Crippen molar-refractivity contribution in [3.63, 3.8) is 0 Å². The van der Waals surface area contributed by atoms with Crippen molar-refractivity contribution in [2.24, 2.45) is 5.92 Å². The summed E-state index contributed by atoms with van der Waals surface area (Å²) in [5.41, 5.74) is 7.35. The molecule has 0 aliphatic carbocycles. The van der Waals surface area contributed by atoms with E-state index in [1.807, 2.05) is 6.07 Å². The first-order valence-corrected chi connectivity index (χ1v) is 7.76. The second-order valence-electron chi connectivity index (χ2n) is 5.98. The lowest BCUT2D eigenvalue weighted by atomic mass is 10.1. The molecule has 1 aliphatic heterocycles. The van der Waals surface area contributed by atoms with Crippen molar-refractivity contribution in [1.82, 2.24) is 0 Å². The molecule has 0 radical (unpaired) electrons. The summed E-state index contributed by atoms with van der Waals surface area (Å²) >= 11 is 0. The highest BCUT2D eigenvalue weighted by molar-refractivity contribution is 6.06. The number of carbonyl (C=O) groups excluding carboxylic acids is 1. The van der Waals surface area contributed by atoms with Crippen LogP contribution in [0, 0.1) is 5.92 Å². The third-order valence-corrected chi connectivity index (χ3v) is 3.47. The summed E-state index contributed by atoms with van der Waals surface area (Å²) in [5, 5.41) is 2.79. The molecule has 3 rings (SSSR count). The van der Waals surface area contributed by atoms with Crippen LogP contribution in [0.15, 0.2) is 36.4 Å². The molecule has 3 N–H and O–H groups in total. The van der Waals surface area contributed by atoms with E-state index in [9.17, 15) is 4.79 Å². The van der Waals surface area contributed by atoms with Gasteiger partial charge in [-0.15, -0.1) is 0 Å². The number of benzene rings is 2. The van der Waals surface area contributed by atoms with Crippen molar-refractivity contribution in [3.05, 3.63) is 42.0 Å². The average Bonchev–Trinajstić information content (AvgIpc) is 3.00. The van der Waals surface area contributed by atoms with E-state index in [1.54, 1.807) is 30.3 Å². The molecule has 0 saturated heterocycles. The number of nitrogens with two attached hydrogens (primary N) is 1. The van der Waals surface area contributed by atoms with Gasteiger partial charge in [-0.2, -0.15) is 0 Å². The van der Waals surface area contributed by atoms with Gasteiger partial charge in [0.1, 0.15) is 5.75 Å². The zero-order chi connectivity index (χ0) is 17.1. The standard InChI is InChI=1S/C18H20N2O4/c1-11(2)9-22-13-5-3-4-12(6-13)18(21)20-15-8-17-16(7-14(15)19)23-10-24-17/h3-8,11H,9-10,19H2,1-2H3,(H,20,21). The Morgan fingerprint density at radius 3 is 2.75 bits per heavy atom. The van der Waals surface area contributed by atoms with Crippen LogP contribution in [0.1, 0.15) is 24.2 Å². The van der Waals surface area contributed by atoms with Crippen molar-refractivity contribution in [3.8, 4) is 17.2 Å². The third-order valence-electron chi connectivity index (χ3n) is 3.47. The Labute approximate surface area is 140 Å². The highest BCUT2D eigenvalue weighted by Gasteiger charge is 2.18. The van der Waals surface area contributed by atoms with Gasteiger partial charge in [-0.1, -0.05) is 19.9 Å². The summed E-state index contributed by atoms with van der Waals surface area (Å²) in [7, 11) is 0. The molecule has 1 amide bonds. The topological polar surface area (TPSA) is 82.8 Å². The van der Waals surface area contributed by atoms with Gasteiger partial charge in [0.25, 0.3) is 5.91 Å². The summed E-state index contributed by atoms with van der Waals surface area (Å²) < 4.78 is 16.2. The summed E-state index contributed by atoms with van der Waals surface area (Å²) in [6.45, 7) is 4.89. The molecule has 0 atom stereocenters. The second kappa shape index (κ2) is 6.70. The molecule has 0 bridgehead atoms. The van der Waals surface area contributed by atoms with Gasteiger partial charge < -0.3 is 25.3 Å². The predicted octanol–water partition coefficient (Wildman–Crippen LogP) is 3.28. The van der Waals surface area contributed by atoms with Crippen molar-refractivity contribution in [1.29, 1.82) is 0 Å². The van der Waals surface area contributed by atoms with Crippen molar-refractivity contribution < 1.29 is 19.0 Å². The van der Waals surface area contributed by atoms with E-state index in [1.165, 1.54) is 0 Å². The smallest absolute Gasteiger partial charge is 0.255 e. The van der Waals surface area contributed by atoms with E-state index in [-0.39, 0.29) is 12.7 Å².